The standard InChI is InChI=1S/C16H20N4O3S/c1-4-8-20-14(21)7-6-11(19-20)15(22)17-18-16(23)13-9-10(3)12(5-2)24-13/h6-7,9H,4-5,8H2,1-3H3,(H,17,22)(H,18,23). The Bertz CT molecular complexity index is 810. The first-order valence-corrected chi connectivity index (χ1v) is 8.56. The lowest BCUT2D eigenvalue weighted by Gasteiger charge is -2.07. The number of nitrogens with zero attached hydrogens (tertiary/aromatic N) is 2. The Morgan fingerprint density at radius 2 is 1.92 bits per heavy atom. The number of aromatic nitrogens is 2. The lowest BCUT2D eigenvalue weighted by molar-refractivity contribution is 0.0844. The highest BCUT2D eigenvalue weighted by Crippen LogP contribution is 2.21. The van der Waals surface area contributed by atoms with E-state index >= 15 is 0 Å². The number of aryl methyl sites for hydroxylation is 3. The average molecular weight is 348 g/mol. The molecule has 0 aliphatic carbocycles. The topological polar surface area (TPSA) is 93.1 Å². The molecule has 0 saturated carbocycles. The molecule has 2 N–H and O–H groups in total. The largest absolute Gasteiger partial charge is 0.290 e. The van der Waals surface area contributed by atoms with E-state index in [-0.39, 0.29) is 17.2 Å². The van der Waals surface area contributed by atoms with Crippen LogP contribution in [0.1, 0.15) is 50.9 Å². The summed E-state index contributed by atoms with van der Waals surface area (Å²) in [5.74, 6) is -0.949. The van der Waals surface area contributed by atoms with Crippen molar-refractivity contribution < 1.29 is 9.59 Å². The molecule has 0 aliphatic rings. The van der Waals surface area contributed by atoms with Gasteiger partial charge in [-0.2, -0.15) is 5.10 Å². The van der Waals surface area contributed by atoms with Crippen LogP contribution in [0.5, 0.6) is 0 Å². The second kappa shape index (κ2) is 7.87. The minimum absolute atomic E-state index is 0.0694. The number of hydrogen-bond acceptors (Lipinski definition) is 5. The van der Waals surface area contributed by atoms with Gasteiger partial charge in [0.15, 0.2) is 5.69 Å². The van der Waals surface area contributed by atoms with E-state index in [1.54, 1.807) is 6.07 Å². The molecule has 0 atom stereocenters. The molecular formula is C16H20N4O3S. The molecule has 0 spiro atoms. The molecule has 0 radical (unpaired) electrons. The average Bonchev–Trinajstić information content (AvgIpc) is 2.95. The van der Waals surface area contributed by atoms with Crippen molar-refractivity contribution >= 4 is 23.2 Å². The van der Waals surface area contributed by atoms with Crippen LogP contribution >= 0.6 is 11.3 Å². The number of carbonyl (C=O) groups is 2. The summed E-state index contributed by atoms with van der Waals surface area (Å²) in [6.07, 6.45) is 1.59. The third kappa shape index (κ3) is 4.08. The smallest absolute Gasteiger partial charge is 0.268 e. The molecule has 0 saturated heterocycles. The van der Waals surface area contributed by atoms with Gasteiger partial charge in [-0.3, -0.25) is 25.2 Å². The predicted molar refractivity (Wildman–Crippen MR) is 92.2 cm³/mol. The molecule has 24 heavy (non-hydrogen) atoms. The fourth-order valence-corrected chi connectivity index (χ4v) is 3.17. The second-order valence-electron chi connectivity index (χ2n) is 5.26. The van der Waals surface area contributed by atoms with Gasteiger partial charge in [-0.15, -0.1) is 11.3 Å². The van der Waals surface area contributed by atoms with Crippen LogP contribution in [0.15, 0.2) is 23.0 Å². The first-order valence-electron chi connectivity index (χ1n) is 7.74. The molecular weight excluding hydrogens is 328 g/mol. The van der Waals surface area contributed by atoms with Crippen molar-refractivity contribution in [1.82, 2.24) is 20.6 Å². The van der Waals surface area contributed by atoms with Crippen LogP contribution in [0.3, 0.4) is 0 Å². The summed E-state index contributed by atoms with van der Waals surface area (Å²) in [5.41, 5.74) is 5.56. The maximum Gasteiger partial charge on any atom is 0.290 e. The molecule has 0 fully saturated rings. The number of nitrogens with one attached hydrogen (secondary N) is 2. The summed E-state index contributed by atoms with van der Waals surface area (Å²) in [7, 11) is 0. The number of amides is 2. The van der Waals surface area contributed by atoms with Crippen molar-refractivity contribution in [2.75, 3.05) is 0 Å². The summed E-state index contributed by atoms with van der Waals surface area (Å²) >= 11 is 1.40. The monoisotopic (exact) mass is 348 g/mol. The van der Waals surface area contributed by atoms with E-state index in [1.807, 2.05) is 20.8 Å². The van der Waals surface area contributed by atoms with Crippen molar-refractivity contribution in [2.45, 2.75) is 40.2 Å². The second-order valence-corrected chi connectivity index (χ2v) is 6.40. The lowest BCUT2D eigenvalue weighted by atomic mass is 10.2. The van der Waals surface area contributed by atoms with Crippen molar-refractivity contribution in [3.05, 3.63) is 49.6 Å². The van der Waals surface area contributed by atoms with Crippen LogP contribution in [0.2, 0.25) is 0 Å². The Hall–Kier alpha value is -2.48. The highest BCUT2D eigenvalue weighted by atomic mass is 32.1. The van der Waals surface area contributed by atoms with E-state index in [4.69, 9.17) is 0 Å². The third-order valence-electron chi connectivity index (χ3n) is 3.39. The Balaban J connectivity index is 2.03. The van der Waals surface area contributed by atoms with Gasteiger partial charge in [0, 0.05) is 17.5 Å². The van der Waals surface area contributed by atoms with E-state index in [1.165, 1.54) is 28.2 Å². The first-order chi connectivity index (χ1) is 11.5. The van der Waals surface area contributed by atoms with Gasteiger partial charge in [0.25, 0.3) is 17.4 Å². The van der Waals surface area contributed by atoms with Gasteiger partial charge in [-0.05, 0) is 37.5 Å². The first kappa shape index (κ1) is 17.9. The highest BCUT2D eigenvalue weighted by molar-refractivity contribution is 7.14. The number of carbonyl (C=O) groups excluding carboxylic acids is 2. The van der Waals surface area contributed by atoms with Gasteiger partial charge >= 0.3 is 0 Å². The molecule has 2 heterocycles. The quantitative estimate of drug-likeness (QED) is 0.804. The molecule has 2 amide bonds. The number of hydrogen-bond donors (Lipinski definition) is 2. The Morgan fingerprint density at radius 1 is 1.21 bits per heavy atom. The zero-order valence-electron chi connectivity index (χ0n) is 13.9. The Kier molecular flexibility index (Phi) is 5.86. The van der Waals surface area contributed by atoms with E-state index < -0.39 is 5.91 Å². The van der Waals surface area contributed by atoms with Crippen LogP contribution in [0, 0.1) is 6.92 Å². The number of rotatable bonds is 5. The molecule has 2 rings (SSSR count). The van der Waals surface area contributed by atoms with Gasteiger partial charge in [0.05, 0.1) is 4.88 Å². The summed E-state index contributed by atoms with van der Waals surface area (Å²) in [5, 5.41) is 3.99. The molecule has 0 unspecified atom stereocenters. The molecule has 7 nitrogen and oxygen atoms in total. The zero-order chi connectivity index (χ0) is 17.7. The van der Waals surface area contributed by atoms with Gasteiger partial charge in [-0.25, -0.2) is 4.68 Å². The van der Waals surface area contributed by atoms with Crippen molar-refractivity contribution in [3.8, 4) is 0 Å². The maximum atomic E-state index is 12.1. The fraction of sp³-hybridized carbons (Fsp3) is 0.375. The fourth-order valence-electron chi connectivity index (χ4n) is 2.16. The predicted octanol–water partition coefficient (Wildman–Crippen LogP) is 1.66. The van der Waals surface area contributed by atoms with Gasteiger partial charge in [0.1, 0.15) is 0 Å². The molecule has 2 aromatic rings. The van der Waals surface area contributed by atoms with Crippen LogP contribution < -0.4 is 16.4 Å². The number of thiophene rings is 1. The van der Waals surface area contributed by atoms with Crippen molar-refractivity contribution in [1.29, 1.82) is 0 Å². The Labute approximate surface area is 143 Å². The van der Waals surface area contributed by atoms with Crippen molar-refractivity contribution in [3.63, 3.8) is 0 Å². The van der Waals surface area contributed by atoms with Crippen LogP contribution in [-0.2, 0) is 13.0 Å². The SMILES string of the molecule is CCCn1nc(C(=O)NNC(=O)c2cc(C)c(CC)s2)ccc1=O. The molecule has 128 valence electrons. The molecule has 0 aromatic carbocycles. The summed E-state index contributed by atoms with van der Waals surface area (Å²) in [6, 6.07) is 4.42. The molecule has 0 aliphatic heterocycles. The summed E-state index contributed by atoms with van der Waals surface area (Å²) in [4.78, 5) is 37.4. The third-order valence-corrected chi connectivity index (χ3v) is 4.77. The maximum absolute atomic E-state index is 12.1. The van der Waals surface area contributed by atoms with Gasteiger partial charge in [-0.1, -0.05) is 13.8 Å². The van der Waals surface area contributed by atoms with E-state index in [0.717, 1.165) is 23.3 Å². The van der Waals surface area contributed by atoms with Crippen LogP contribution in [0.4, 0.5) is 0 Å². The summed E-state index contributed by atoms with van der Waals surface area (Å²) < 4.78 is 1.23. The number of hydrazine groups is 1. The van der Waals surface area contributed by atoms with Crippen LogP contribution in [-0.4, -0.2) is 21.6 Å². The van der Waals surface area contributed by atoms with E-state index in [0.29, 0.717) is 11.4 Å². The molecule has 0 bridgehead atoms. The van der Waals surface area contributed by atoms with Gasteiger partial charge < -0.3 is 0 Å². The lowest BCUT2D eigenvalue weighted by Crippen LogP contribution is -2.42. The summed E-state index contributed by atoms with van der Waals surface area (Å²) in [6.45, 7) is 6.32. The highest BCUT2D eigenvalue weighted by Gasteiger charge is 2.14. The minimum atomic E-state index is -0.572. The Morgan fingerprint density at radius 3 is 2.54 bits per heavy atom. The zero-order valence-corrected chi connectivity index (χ0v) is 14.7. The van der Waals surface area contributed by atoms with Crippen LogP contribution in [0.25, 0.3) is 0 Å². The van der Waals surface area contributed by atoms with E-state index in [2.05, 4.69) is 16.0 Å². The minimum Gasteiger partial charge on any atom is -0.268 e. The van der Waals surface area contributed by atoms with E-state index in [9.17, 15) is 14.4 Å². The molecule has 8 heteroatoms. The van der Waals surface area contributed by atoms with Crippen molar-refractivity contribution in [2.24, 2.45) is 0 Å². The van der Waals surface area contributed by atoms with Gasteiger partial charge in [0.2, 0.25) is 0 Å². The molecule has 2 aromatic heterocycles. The normalized spacial score (nSPS) is 10.5.